The highest BCUT2D eigenvalue weighted by Gasteiger charge is 2.34. The van der Waals surface area contributed by atoms with Crippen molar-refractivity contribution in [2.24, 2.45) is 0 Å². The van der Waals surface area contributed by atoms with Crippen molar-refractivity contribution in [1.82, 2.24) is 15.4 Å². The van der Waals surface area contributed by atoms with Crippen LogP contribution in [0.5, 0.6) is 17.2 Å². The Morgan fingerprint density at radius 3 is 2.48 bits per heavy atom. The minimum atomic E-state index is -4.85. The molecule has 3 aromatic rings. The Morgan fingerprint density at radius 1 is 1.03 bits per heavy atom. The lowest BCUT2D eigenvalue weighted by Gasteiger charge is -2.14. The fourth-order valence-electron chi connectivity index (χ4n) is 2.09. The third-order valence-electron chi connectivity index (χ3n) is 3.41. The van der Waals surface area contributed by atoms with Crippen LogP contribution in [-0.2, 0) is 6.18 Å². The third-order valence-corrected chi connectivity index (χ3v) is 3.41. The number of amides is 1. The number of carbonyl (C=O) groups excluding carboxylic acids is 1. The van der Waals surface area contributed by atoms with Gasteiger partial charge in [-0.25, -0.2) is 8.78 Å². The average molecular weight is 411 g/mol. The van der Waals surface area contributed by atoms with Crippen LogP contribution >= 0.6 is 0 Å². The highest BCUT2D eigenvalue weighted by molar-refractivity contribution is 5.96. The molecule has 1 amide bonds. The summed E-state index contributed by atoms with van der Waals surface area (Å²) in [5.74, 6) is -4.21. The van der Waals surface area contributed by atoms with Gasteiger partial charge in [0.1, 0.15) is 22.8 Å². The van der Waals surface area contributed by atoms with E-state index in [9.17, 15) is 26.7 Å². The molecule has 0 saturated carbocycles. The van der Waals surface area contributed by atoms with Crippen molar-refractivity contribution in [3.05, 3.63) is 77.9 Å². The Balaban J connectivity index is 1.91. The van der Waals surface area contributed by atoms with Crippen LogP contribution < -0.4 is 15.1 Å². The lowest BCUT2D eigenvalue weighted by Crippen LogP contribution is -2.27. The van der Waals surface area contributed by atoms with Crippen LogP contribution in [0.2, 0.25) is 0 Å². The van der Waals surface area contributed by atoms with E-state index >= 15 is 0 Å². The number of benzene rings is 1. The zero-order valence-corrected chi connectivity index (χ0v) is 14.2. The summed E-state index contributed by atoms with van der Waals surface area (Å²) in [4.78, 5) is 24.2. The van der Waals surface area contributed by atoms with E-state index in [1.807, 2.05) is 5.48 Å². The van der Waals surface area contributed by atoms with Crippen LogP contribution in [0.1, 0.15) is 16.1 Å². The molecular formula is C18H10F5N3O3. The molecule has 3 rings (SSSR count). The minimum absolute atomic E-state index is 0.146. The van der Waals surface area contributed by atoms with Crippen LogP contribution in [0.25, 0.3) is 0 Å². The molecule has 0 atom stereocenters. The van der Waals surface area contributed by atoms with E-state index in [0.29, 0.717) is 18.3 Å². The second-order valence-corrected chi connectivity index (χ2v) is 5.46. The van der Waals surface area contributed by atoms with Gasteiger partial charge in [-0.15, -0.1) is 0 Å². The van der Waals surface area contributed by atoms with E-state index in [2.05, 4.69) is 9.97 Å². The van der Waals surface area contributed by atoms with Crippen molar-refractivity contribution in [2.75, 3.05) is 0 Å². The van der Waals surface area contributed by atoms with Crippen LogP contribution in [0.15, 0.2) is 55.0 Å². The molecule has 0 saturated heterocycles. The minimum Gasteiger partial charge on any atom is -0.453 e. The van der Waals surface area contributed by atoms with Gasteiger partial charge < -0.3 is 9.57 Å². The van der Waals surface area contributed by atoms with E-state index in [-0.39, 0.29) is 5.75 Å². The van der Waals surface area contributed by atoms with Crippen molar-refractivity contribution in [1.29, 1.82) is 0 Å². The fourth-order valence-corrected chi connectivity index (χ4v) is 2.09. The second-order valence-electron chi connectivity index (χ2n) is 5.46. The molecule has 0 aliphatic carbocycles. The van der Waals surface area contributed by atoms with Crippen molar-refractivity contribution in [2.45, 2.75) is 6.18 Å². The molecule has 0 fully saturated rings. The molecule has 1 aromatic carbocycles. The Labute approximate surface area is 159 Å². The first-order chi connectivity index (χ1) is 13.7. The SMILES string of the molecule is O=C(NOc1cccnc1)c1cnc(C(F)(F)F)cc1Oc1ccc(F)cc1F. The highest BCUT2D eigenvalue weighted by atomic mass is 19.4. The number of hydrogen-bond acceptors (Lipinski definition) is 5. The maximum atomic E-state index is 13.8. The molecule has 6 nitrogen and oxygen atoms in total. The Morgan fingerprint density at radius 2 is 1.83 bits per heavy atom. The van der Waals surface area contributed by atoms with Gasteiger partial charge in [-0.05, 0) is 24.3 Å². The van der Waals surface area contributed by atoms with E-state index in [1.54, 1.807) is 0 Å². The maximum Gasteiger partial charge on any atom is 0.433 e. The lowest BCUT2D eigenvalue weighted by molar-refractivity contribution is -0.141. The second kappa shape index (κ2) is 8.09. The summed E-state index contributed by atoms with van der Waals surface area (Å²) in [5.41, 5.74) is 0.133. The molecule has 1 N–H and O–H groups in total. The number of nitrogens with one attached hydrogen (secondary N) is 1. The molecule has 2 heterocycles. The van der Waals surface area contributed by atoms with E-state index in [1.165, 1.54) is 24.5 Å². The van der Waals surface area contributed by atoms with Gasteiger partial charge in [-0.2, -0.15) is 18.7 Å². The summed E-state index contributed by atoms with van der Waals surface area (Å²) in [6.45, 7) is 0. The Bertz CT molecular complexity index is 1030. The van der Waals surface area contributed by atoms with Crippen LogP contribution in [0, 0.1) is 11.6 Å². The summed E-state index contributed by atoms with van der Waals surface area (Å²) in [5, 5.41) is 0. The first-order valence-corrected chi connectivity index (χ1v) is 7.81. The van der Waals surface area contributed by atoms with Gasteiger partial charge in [0.05, 0.1) is 6.20 Å². The van der Waals surface area contributed by atoms with Gasteiger partial charge in [-0.3, -0.25) is 14.8 Å². The van der Waals surface area contributed by atoms with Gasteiger partial charge in [0.15, 0.2) is 17.3 Å². The fraction of sp³-hybridized carbons (Fsp3) is 0.0556. The number of hydroxylamine groups is 1. The number of ether oxygens (including phenoxy) is 1. The zero-order valence-electron chi connectivity index (χ0n) is 14.2. The molecule has 2 aromatic heterocycles. The first-order valence-electron chi connectivity index (χ1n) is 7.81. The largest absolute Gasteiger partial charge is 0.453 e. The predicted octanol–water partition coefficient (Wildman–Crippen LogP) is 4.29. The van der Waals surface area contributed by atoms with Crippen molar-refractivity contribution in [3.63, 3.8) is 0 Å². The number of alkyl halides is 3. The first kappa shape index (κ1) is 20.0. The van der Waals surface area contributed by atoms with Gasteiger partial charge in [0, 0.05) is 24.5 Å². The molecule has 0 unspecified atom stereocenters. The number of hydrogen-bond donors (Lipinski definition) is 1. The highest BCUT2D eigenvalue weighted by Crippen LogP contribution is 2.34. The number of rotatable bonds is 5. The molecule has 150 valence electrons. The lowest BCUT2D eigenvalue weighted by atomic mass is 10.2. The summed E-state index contributed by atoms with van der Waals surface area (Å²) in [7, 11) is 0. The van der Waals surface area contributed by atoms with Crippen LogP contribution in [-0.4, -0.2) is 15.9 Å². The number of nitrogens with zero attached hydrogens (tertiary/aromatic N) is 2. The molecular weight excluding hydrogens is 401 g/mol. The van der Waals surface area contributed by atoms with Gasteiger partial charge in [-0.1, -0.05) is 0 Å². The zero-order chi connectivity index (χ0) is 21.0. The monoisotopic (exact) mass is 411 g/mol. The molecule has 0 bridgehead atoms. The number of halogens is 5. The van der Waals surface area contributed by atoms with Crippen molar-refractivity contribution in [3.8, 4) is 17.2 Å². The van der Waals surface area contributed by atoms with Crippen molar-refractivity contribution >= 4 is 5.91 Å². The van der Waals surface area contributed by atoms with Gasteiger partial charge in [0.2, 0.25) is 0 Å². The van der Waals surface area contributed by atoms with Crippen LogP contribution in [0.4, 0.5) is 22.0 Å². The number of pyridine rings is 2. The summed E-state index contributed by atoms with van der Waals surface area (Å²) in [6, 6.07) is 5.59. The number of carbonyl (C=O) groups is 1. The topological polar surface area (TPSA) is 73.3 Å². The summed E-state index contributed by atoms with van der Waals surface area (Å²) in [6.07, 6.45) is -1.52. The predicted molar refractivity (Wildman–Crippen MR) is 88.0 cm³/mol. The van der Waals surface area contributed by atoms with E-state index in [4.69, 9.17) is 9.57 Å². The van der Waals surface area contributed by atoms with Crippen molar-refractivity contribution < 1.29 is 36.3 Å². The summed E-state index contributed by atoms with van der Waals surface area (Å²) >= 11 is 0. The van der Waals surface area contributed by atoms with Gasteiger partial charge in [0.25, 0.3) is 5.91 Å². The number of aromatic nitrogens is 2. The third kappa shape index (κ3) is 4.94. The standard InChI is InChI=1S/C18H10F5N3O3/c19-10-3-4-14(13(20)6-10)28-15-7-16(18(21,22)23)25-9-12(15)17(27)26-29-11-2-1-5-24-8-11/h1-9H,(H,26,27). The maximum absolute atomic E-state index is 13.8. The van der Waals surface area contributed by atoms with Gasteiger partial charge >= 0.3 is 6.18 Å². The normalized spacial score (nSPS) is 11.1. The molecule has 0 radical (unpaired) electrons. The smallest absolute Gasteiger partial charge is 0.433 e. The molecule has 0 aliphatic rings. The molecule has 29 heavy (non-hydrogen) atoms. The summed E-state index contributed by atoms with van der Waals surface area (Å²) < 4.78 is 70.9. The molecule has 0 aliphatic heterocycles. The van der Waals surface area contributed by atoms with E-state index in [0.717, 1.165) is 12.1 Å². The molecule has 0 spiro atoms. The Kier molecular flexibility index (Phi) is 5.57. The average Bonchev–Trinajstić information content (AvgIpc) is 2.68. The Hall–Kier alpha value is -3.76. The van der Waals surface area contributed by atoms with E-state index < -0.39 is 46.5 Å². The molecule has 11 heteroatoms. The van der Waals surface area contributed by atoms with Crippen LogP contribution in [0.3, 0.4) is 0 Å². The quantitative estimate of drug-likeness (QED) is 0.501.